The summed E-state index contributed by atoms with van der Waals surface area (Å²) in [4.78, 5) is 2.52. The molecule has 112 valence electrons. The number of piperidine rings is 1. The highest BCUT2D eigenvalue weighted by molar-refractivity contribution is 7.91. The fraction of sp³-hybridized carbons (Fsp3) is 1.00. The minimum absolute atomic E-state index is 0.184. The van der Waals surface area contributed by atoms with E-state index in [-0.39, 0.29) is 11.8 Å². The molecule has 2 rings (SSSR count). The van der Waals surface area contributed by atoms with Crippen LogP contribution >= 0.6 is 0 Å². The molecule has 19 heavy (non-hydrogen) atoms. The van der Waals surface area contributed by atoms with Crippen LogP contribution in [0.2, 0.25) is 0 Å². The van der Waals surface area contributed by atoms with E-state index >= 15 is 0 Å². The maximum Gasteiger partial charge on any atom is 0.150 e. The van der Waals surface area contributed by atoms with Gasteiger partial charge in [0.05, 0.1) is 5.75 Å². The number of hydrogen-bond acceptors (Lipinski definition) is 4. The van der Waals surface area contributed by atoms with Gasteiger partial charge in [0.1, 0.15) is 9.84 Å². The van der Waals surface area contributed by atoms with Gasteiger partial charge < -0.3 is 10.6 Å². The van der Waals surface area contributed by atoms with Crippen LogP contribution in [0.3, 0.4) is 0 Å². The van der Waals surface area contributed by atoms with Gasteiger partial charge in [-0.15, -0.1) is 0 Å². The molecule has 2 N–H and O–H groups in total. The van der Waals surface area contributed by atoms with Gasteiger partial charge in [0, 0.05) is 23.9 Å². The van der Waals surface area contributed by atoms with Crippen molar-refractivity contribution in [3.63, 3.8) is 0 Å². The quantitative estimate of drug-likeness (QED) is 0.802. The first kappa shape index (κ1) is 15.3. The second-order valence-corrected chi connectivity index (χ2v) is 8.80. The summed E-state index contributed by atoms with van der Waals surface area (Å²) in [5.74, 6) is 1.15. The third-order valence-electron chi connectivity index (χ3n) is 5.17. The fourth-order valence-corrected chi connectivity index (χ4v) is 4.62. The van der Waals surface area contributed by atoms with Crippen molar-refractivity contribution < 1.29 is 8.42 Å². The molecule has 0 aromatic carbocycles. The van der Waals surface area contributed by atoms with Crippen molar-refractivity contribution in [1.82, 2.24) is 4.90 Å². The number of fused-ring (bicyclic) bond motifs is 2. The van der Waals surface area contributed by atoms with Crippen molar-refractivity contribution in [3.05, 3.63) is 0 Å². The highest BCUT2D eigenvalue weighted by Gasteiger charge is 2.39. The van der Waals surface area contributed by atoms with E-state index in [2.05, 4.69) is 11.9 Å². The lowest BCUT2D eigenvalue weighted by atomic mass is 9.84. The van der Waals surface area contributed by atoms with Crippen molar-refractivity contribution in [1.29, 1.82) is 0 Å². The molecule has 2 fully saturated rings. The molecule has 2 aliphatic rings. The average molecular weight is 288 g/mol. The van der Waals surface area contributed by atoms with Gasteiger partial charge in [-0.05, 0) is 51.5 Å². The molecule has 4 nitrogen and oxygen atoms in total. The molecule has 0 amide bonds. The molecule has 2 aliphatic heterocycles. The molecule has 2 saturated heterocycles. The van der Waals surface area contributed by atoms with Crippen molar-refractivity contribution in [2.24, 2.45) is 11.7 Å². The first-order chi connectivity index (χ1) is 8.93. The second kappa shape index (κ2) is 6.10. The summed E-state index contributed by atoms with van der Waals surface area (Å²) in [6.45, 7) is 1.71. The van der Waals surface area contributed by atoms with Gasteiger partial charge in [-0.25, -0.2) is 8.42 Å². The second-order valence-electron chi connectivity index (χ2n) is 6.32. The van der Waals surface area contributed by atoms with Crippen LogP contribution in [-0.4, -0.2) is 50.0 Å². The molecular formula is C14H28N2O2S. The Bertz CT molecular complexity index is 382. The highest BCUT2D eigenvalue weighted by atomic mass is 32.2. The van der Waals surface area contributed by atoms with Crippen LogP contribution in [0, 0.1) is 5.92 Å². The fourth-order valence-electron chi connectivity index (χ4n) is 3.72. The standard InChI is InChI=1S/C14H28N2O2S/c1-3-19(17,18)8-4-5-14(15)11-9-12-6-7-13(10-11)16(12)2/h11-14H,3-10,15H2,1-2H3. The summed E-state index contributed by atoms with van der Waals surface area (Å²) >= 11 is 0. The van der Waals surface area contributed by atoms with Crippen LogP contribution in [0.15, 0.2) is 0 Å². The summed E-state index contributed by atoms with van der Waals surface area (Å²) in [7, 11) is -0.594. The monoisotopic (exact) mass is 288 g/mol. The van der Waals surface area contributed by atoms with E-state index in [0.717, 1.165) is 12.8 Å². The minimum Gasteiger partial charge on any atom is -0.327 e. The SMILES string of the molecule is CCS(=O)(=O)CCCC(N)C1CC2CCC(C1)N2C. The zero-order chi connectivity index (χ0) is 14.0. The zero-order valence-electron chi connectivity index (χ0n) is 12.2. The number of nitrogens with zero attached hydrogens (tertiary/aromatic N) is 1. The molecule has 3 atom stereocenters. The molecule has 0 radical (unpaired) electrons. The van der Waals surface area contributed by atoms with Crippen LogP contribution in [0.4, 0.5) is 0 Å². The van der Waals surface area contributed by atoms with Crippen molar-refractivity contribution in [2.75, 3.05) is 18.6 Å². The Morgan fingerprint density at radius 2 is 1.84 bits per heavy atom. The summed E-state index contributed by atoms with van der Waals surface area (Å²) in [5.41, 5.74) is 6.30. The number of hydrogen-bond donors (Lipinski definition) is 1. The molecule has 0 aliphatic carbocycles. The number of sulfone groups is 1. The van der Waals surface area contributed by atoms with Crippen molar-refractivity contribution in [3.8, 4) is 0 Å². The molecule has 0 aromatic rings. The maximum atomic E-state index is 11.5. The molecule has 0 aromatic heterocycles. The van der Waals surface area contributed by atoms with E-state index in [9.17, 15) is 8.42 Å². The normalized spacial score (nSPS) is 33.5. The lowest BCUT2D eigenvalue weighted by Crippen LogP contribution is -2.45. The molecule has 0 saturated carbocycles. The van der Waals surface area contributed by atoms with Gasteiger partial charge in [-0.1, -0.05) is 6.92 Å². The van der Waals surface area contributed by atoms with Gasteiger partial charge in [0.2, 0.25) is 0 Å². The highest BCUT2D eigenvalue weighted by Crippen LogP contribution is 2.38. The third-order valence-corrected chi connectivity index (χ3v) is 6.96. The van der Waals surface area contributed by atoms with E-state index in [1.165, 1.54) is 25.7 Å². The first-order valence-electron chi connectivity index (χ1n) is 7.61. The molecular weight excluding hydrogens is 260 g/mol. The van der Waals surface area contributed by atoms with Gasteiger partial charge >= 0.3 is 0 Å². The van der Waals surface area contributed by atoms with E-state index in [4.69, 9.17) is 5.73 Å². The van der Waals surface area contributed by atoms with Crippen LogP contribution in [0.5, 0.6) is 0 Å². The molecule has 5 heteroatoms. The lowest BCUT2D eigenvalue weighted by molar-refractivity contribution is 0.119. The van der Waals surface area contributed by atoms with Crippen molar-refractivity contribution >= 4 is 9.84 Å². The predicted octanol–water partition coefficient (Wildman–Crippen LogP) is 1.40. The Morgan fingerprint density at radius 3 is 2.37 bits per heavy atom. The number of rotatable bonds is 6. The molecule has 2 heterocycles. The Kier molecular flexibility index (Phi) is 4.90. The van der Waals surface area contributed by atoms with E-state index < -0.39 is 9.84 Å². The summed E-state index contributed by atoms with van der Waals surface area (Å²) < 4.78 is 22.9. The van der Waals surface area contributed by atoms with E-state index in [1.807, 2.05) is 0 Å². The van der Waals surface area contributed by atoms with Crippen LogP contribution in [0.25, 0.3) is 0 Å². The van der Waals surface area contributed by atoms with Gasteiger partial charge in [-0.3, -0.25) is 0 Å². The molecule has 2 bridgehead atoms. The minimum atomic E-state index is -2.83. The van der Waals surface area contributed by atoms with E-state index in [0.29, 0.717) is 23.8 Å². The van der Waals surface area contributed by atoms with Crippen LogP contribution < -0.4 is 5.73 Å². The Hall–Kier alpha value is -0.130. The summed E-state index contributed by atoms with van der Waals surface area (Å²) in [6.07, 6.45) is 6.61. The summed E-state index contributed by atoms with van der Waals surface area (Å²) in [5, 5.41) is 0. The molecule has 0 spiro atoms. The predicted molar refractivity (Wildman–Crippen MR) is 78.8 cm³/mol. The smallest absolute Gasteiger partial charge is 0.150 e. The van der Waals surface area contributed by atoms with Gasteiger partial charge in [0.25, 0.3) is 0 Å². The first-order valence-corrected chi connectivity index (χ1v) is 9.43. The van der Waals surface area contributed by atoms with Crippen molar-refractivity contribution in [2.45, 2.75) is 63.6 Å². The van der Waals surface area contributed by atoms with E-state index in [1.54, 1.807) is 6.92 Å². The Labute approximate surface area is 117 Å². The van der Waals surface area contributed by atoms with Crippen LogP contribution in [0.1, 0.15) is 45.4 Å². The Balaban J connectivity index is 1.77. The van der Waals surface area contributed by atoms with Crippen LogP contribution in [-0.2, 0) is 9.84 Å². The largest absolute Gasteiger partial charge is 0.327 e. The number of nitrogens with two attached hydrogens (primary N) is 1. The average Bonchev–Trinajstić information content (AvgIpc) is 2.61. The Morgan fingerprint density at radius 1 is 1.26 bits per heavy atom. The lowest BCUT2D eigenvalue weighted by Gasteiger charge is -2.38. The topological polar surface area (TPSA) is 63.4 Å². The van der Waals surface area contributed by atoms with Gasteiger partial charge in [0.15, 0.2) is 0 Å². The maximum absolute atomic E-state index is 11.5. The molecule has 3 unspecified atom stereocenters. The van der Waals surface area contributed by atoms with Gasteiger partial charge in [-0.2, -0.15) is 0 Å². The summed E-state index contributed by atoms with van der Waals surface area (Å²) in [6, 6.07) is 1.62. The zero-order valence-corrected chi connectivity index (χ0v) is 13.0. The third kappa shape index (κ3) is 3.70.